The molecule has 2 heterocycles. The number of fused-ring (bicyclic) bond motifs is 2. The third-order valence-corrected chi connectivity index (χ3v) is 30.4. The molecule has 0 radical (unpaired) electrons. The van der Waals surface area contributed by atoms with Crippen LogP contribution in [0.2, 0.25) is 13.1 Å². The Kier molecular flexibility index (Phi) is 13.7. The topological polar surface area (TPSA) is 26.3 Å². The van der Waals surface area contributed by atoms with Crippen molar-refractivity contribution in [2.24, 2.45) is 0 Å². The van der Waals surface area contributed by atoms with Crippen LogP contribution in [0.15, 0.2) is 118 Å². The number of furan rings is 2. The van der Waals surface area contributed by atoms with Gasteiger partial charge in [0.2, 0.25) is 0 Å². The van der Waals surface area contributed by atoms with E-state index in [1.165, 1.54) is 77.2 Å². The van der Waals surface area contributed by atoms with Gasteiger partial charge in [0.25, 0.3) is 0 Å². The predicted molar refractivity (Wildman–Crippen MR) is 242 cm³/mol. The van der Waals surface area contributed by atoms with Crippen molar-refractivity contribution in [1.29, 1.82) is 0 Å². The fraction of sp³-hybridized carbons (Fsp3) is 0.240. The maximum atomic E-state index is 5.95. The van der Waals surface area contributed by atoms with Gasteiger partial charge < -0.3 is 8.83 Å². The molecule has 0 unspecified atom stereocenters. The Balaban J connectivity index is 0.000000166. The van der Waals surface area contributed by atoms with Gasteiger partial charge in [-0.15, -0.1) is 57.9 Å². The van der Waals surface area contributed by atoms with Gasteiger partial charge in [-0.1, -0.05) is 108 Å². The van der Waals surface area contributed by atoms with E-state index in [2.05, 4.69) is 164 Å². The minimum atomic E-state index is -1.65. The molecule has 0 fully saturated rings. The van der Waals surface area contributed by atoms with Gasteiger partial charge in [0.1, 0.15) is 0 Å². The average Bonchev–Trinajstić information content (AvgIpc) is 3.96. The van der Waals surface area contributed by atoms with Crippen LogP contribution < -0.4 is 0 Å². The summed E-state index contributed by atoms with van der Waals surface area (Å²) in [7, 11) is 11.2. The van der Waals surface area contributed by atoms with E-state index in [-0.39, 0.29) is 5.43 Å². The molecule has 0 saturated heterocycles. The summed E-state index contributed by atoms with van der Waals surface area (Å²) in [6.07, 6.45) is 2.05. The summed E-state index contributed by atoms with van der Waals surface area (Å²) >= 11 is -1.65. The number of benzene rings is 4. The predicted octanol–water partition coefficient (Wildman–Crippen LogP) is 16.1. The van der Waals surface area contributed by atoms with Crippen molar-refractivity contribution in [1.82, 2.24) is 0 Å². The summed E-state index contributed by atoms with van der Waals surface area (Å²) in [6.45, 7) is 21.3. The van der Waals surface area contributed by atoms with Gasteiger partial charge in [0.05, 0.1) is 23.0 Å². The van der Waals surface area contributed by atoms with Gasteiger partial charge in [-0.05, 0) is 99.9 Å². The third kappa shape index (κ3) is 9.37. The van der Waals surface area contributed by atoms with Crippen molar-refractivity contribution in [2.45, 2.75) is 81.3 Å². The Morgan fingerprint density at radius 2 is 0.946 bits per heavy atom. The Morgan fingerprint density at radius 1 is 0.554 bits per heavy atom. The van der Waals surface area contributed by atoms with Gasteiger partial charge in [-0.3, -0.25) is 0 Å². The van der Waals surface area contributed by atoms with Crippen molar-refractivity contribution in [3.8, 4) is 44.9 Å². The van der Waals surface area contributed by atoms with Crippen molar-refractivity contribution in [3.05, 3.63) is 154 Å². The van der Waals surface area contributed by atoms with Crippen molar-refractivity contribution in [2.75, 3.05) is 0 Å². The minimum absolute atomic E-state index is 0.224. The van der Waals surface area contributed by atoms with Crippen LogP contribution in [-0.4, -0.2) is 5.43 Å². The summed E-state index contributed by atoms with van der Waals surface area (Å²) in [5.41, 5.74) is 15.2. The van der Waals surface area contributed by atoms with Crippen LogP contribution in [0.4, 0.5) is 0 Å². The molecular weight excluding hydrogens is 823 g/mol. The van der Waals surface area contributed by atoms with E-state index < -0.39 is 18.0 Å². The van der Waals surface area contributed by atoms with Crippen LogP contribution in [0, 0.1) is 41.5 Å². The van der Waals surface area contributed by atoms with E-state index in [1.807, 2.05) is 13.8 Å². The first-order valence-electron chi connectivity index (χ1n) is 19.5. The molecular formula is C50H52Cl2O2SiZr-2. The molecule has 0 aliphatic rings. The van der Waals surface area contributed by atoms with Crippen LogP contribution >= 0.6 is 17.0 Å². The molecule has 2 aromatic heterocycles. The van der Waals surface area contributed by atoms with Gasteiger partial charge in [-0.2, -0.15) is 0 Å². The molecule has 6 heteroatoms. The molecule has 0 spiro atoms. The third-order valence-electron chi connectivity index (χ3n) is 10.6. The molecule has 0 saturated carbocycles. The van der Waals surface area contributed by atoms with Gasteiger partial charge in [0.15, 0.2) is 0 Å². The molecule has 6 aromatic carbocycles. The normalized spacial score (nSPS) is 11.0. The van der Waals surface area contributed by atoms with Crippen molar-refractivity contribution in [3.63, 3.8) is 0 Å². The summed E-state index contributed by atoms with van der Waals surface area (Å²) in [4.78, 5) is 0. The zero-order valence-corrected chi connectivity index (χ0v) is 39.3. The van der Waals surface area contributed by atoms with Gasteiger partial charge in [-0.25, -0.2) is 0 Å². The molecule has 0 N–H and O–H groups in total. The fourth-order valence-corrected chi connectivity index (χ4v) is 7.24. The van der Waals surface area contributed by atoms with Crippen LogP contribution in [0.1, 0.15) is 58.7 Å². The molecule has 0 amide bonds. The van der Waals surface area contributed by atoms with Gasteiger partial charge in [0, 0.05) is 0 Å². The van der Waals surface area contributed by atoms with E-state index in [0.29, 0.717) is 0 Å². The molecule has 0 atom stereocenters. The number of rotatable bonds is 6. The van der Waals surface area contributed by atoms with Crippen LogP contribution in [0.3, 0.4) is 0 Å². The second-order valence-electron chi connectivity index (χ2n) is 15.1. The van der Waals surface area contributed by atoms with E-state index in [0.717, 1.165) is 47.0 Å². The van der Waals surface area contributed by atoms with Gasteiger partial charge >= 0.3 is 53.5 Å². The summed E-state index contributed by atoms with van der Waals surface area (Å²) < 4.78 is 11.9. The molecule has 2 nitrogen and oxygen atoms in total. The number of halogens is 2. The SMILES string of the molecule is CCc1ccc2[cH-]c(-c3cc(C)c(C)o3)cc2c1-c1cccc(C)c1.CCc1ccc2[cH-]c(-c3cc(C)c(C)o3)cc2c1-c1cccc(C)c1.C[Si](C)=[Zr]([Cl])[Cl]. The summed E-state index contributed by atoms with van der Waals surface area (Å²) in [5.74, 6) is 3.90. The zero-order valence-electron chi connectivity index (χ0n) is 34.4. The Labute approximate surface area is 348 Å². The zero-order chi connectivity index (χ0) is 40.3. The first kappa shape index (κ1) is 42.0. The number of hydrogen-bond acceptors (Lipinski definition) is 2. The maximum absolute atomic E-state index is 5.95. The molecule has 8 rings (SSSR count). The van der Waals surface area contributed by atoms with Crippen LogP contribution in [0.5, 0.6) is 0 Å². The van der Waals surface area contributed by atoms with E-state index >= 15 is 0 Å². The fourth-order valence-electron chi connectivity index (χ4n) is 7.24. The first-order chi connectivity index (χ1) is 26.8. The Hall–Kier alpha value is -3.66. The molecule has 0 aliphatic heterocycles. The van der Waals surface area contributed by atoms with Crippen LogP contribution in [-0.2, 0) is 30.8 Å². The monoisotopic (exact) mass is 872 g/mol. The van der Waals surface area contributed by atoms with Crippen molar-refractivity contribution >= 4 is 44.0 Å². The summed E-state index contributed by atoms with van der Waals surface area (Å²) in [6, 6.07) is 39.9. The average molecular weight is 875 g/mol. The standard InChI is InChI=1S/2C24H23O.C2H6Si.2ClH.Zr/c2*1-5-18-9-10-19-13-21(23-12-16(3)17(4)25-23)14-22(19)24(18)20-8-6-7-15(2)11-20;1-3-2;;;/h2*6-14H,5H2,1-4H3;1-2H3;2*1H;/q2*-1;;;;+2/p-2. The Bertz CT molecular complexity index is 2450. The first-order valence-corrected chi connectivity index (χ1v) is 32.0. The summed E-state index contributed by atoms with van der Waals surface area (Å²) in [5, 5.41) is 5.17. The molecule has 0 aliphatic carbocycles. The van der Waals surface area contributed by atoms with E-state index in [1.54, 1.807) is 0 Å². The second kappa shape index (κ2) is 18.3. The number of aryl methyl sites for hydroxylation is 8. The molecule has 8 aromatic rings. The van der Waals surface area contributed by atoms with Crippen molar-refractivity contribution < 1.29 is 26.8 Å². The second-order valence-corrected chi connectivity index (χ2v) is 38.1. The number of hydrogen-bond donors (Lipinski definition) is 0. The van der Waals surface area contributed by atoms with E-state index in [9.17, 15) is 0 Å². The molecule has 0 bridgehead atoms. The van der Waals surface area contributed by atoms with E-state index in [4.69, 9.17) is 25.9 Å². The van der Waals surface area contributed by atoms with Crippen LogP contribution in [0.25, 0.3) is 66.4 Å². The molecule has 56 heavy (non-hydrogen) atoms. The Morgan fingerprint density at radius 3 is 1.25 bits per heavy atom. The quantitative estimate of drug-likeness (QED) is 0.123. The molecule has 288 valence electrons.